The van der Waals surface area contributed by atoms with Crippen molar-refractivity contribution in [3.05, 3.63) is 54.6 Å². The Morgan fingerprint density at radius 1 is 1.18 bits per heavy atom. The molecule has 5 heterocycles. The molecule has 0 saturated carbocycles. The number of aromatic nitrogens is 7. The van der Waals surface area contributed by atoms with Crippen LogP contribution in [0.4, 0.5) is 5.69 Å². The van der Waals surface area contributed by atoms with Crippen molar-refractivity contribution in [3.8, 4) is 11.1 Å². The minimum Gasteiger partial charge on any atom is -0.346 e. The number of amides is 1. The van der Waals surface area contributed by atoms with Crippen molar-refractivity contribution < 1.29 is 4.79 Å². The highest BCUT2D eigenvalue weighted by Gasteiger charge is 2.17. The number of piperidine rings is 1. The maximum Gasteiger partial charge on any atom is 0.257 e. The number of carbonyl (C=O) groups excluding carboxylic acids is 1. The van der Waals surface area contributed by atoms with Crippen molar-refractivity contribution in [2.75, 3.05) is 18.4 Å². The average molecular weight is 441 g/mol. The van der Waals surface area contributed by atoms with Crippen molar-refractivity contribution in [3.63, 3.8) is 0 Å². The predicted octanol–water partition coefficient (Wildman–Crippen LogP) is 2.88. The highest BCUT2D eigenvalue weighted by atomic mass is 16.1. The largest absolute Gasteiger partial charge is 0.346 e. The van der Waals surface area contributed by atoms with E-state index in [9.17, 15) is 4.79 Å². The first kappa shape index (κ1) is 19.6. The third-order valence-corrected chi connectivity index (χ3v) is 6.26. The van der Waals surface area contributed by atoms with Gasteiger partial charge in [-0.1, -0.05) is 11.3 Å². The molecular weight excluding hydrogens is 418 g/mol. The van der Waals surface area contributed by atoms with Crippen molar-refractivity contribution in [1.29, 1.82) is 0 Å². The van der Waals surface area contributed by atoms with Gasteiger partial charge in [-0.2, -0.15) is 5.10 Å². The number of pyridine rings is 1. The zero-order chi connectivity index (χ0) is 22.4. The molecule has 0 aliphatic carbocycles. The molecule has 0 atom stereocenters. The van der Waals surface area contributed by atoms with Crippen molar-refractivity contribution >= 4 is 33.7 Å². The Labute approximate surface area is 189 Å². The van der Waals surface area contributed by atoms with Crippen LogP contribution in [-0.2, 0) is 7.05 Å². The quantitative estimate of drug-likeness (QED) is 0.395. The Bertz CT molecular complexity index is 1470. The zero-order valence-corrected chi connectivity index (χ0v) is 18.1. The van der Waals surface area contributed by atoms with Crippen LogP contribution >= 0.6 is 0 Å². The van der Waals surface area contributed by atoms with E-state index in [1.807, 2.05) is 48.4 Å². The summed E-state index contributed by atoms with van der Waals surface area (Å²) in [6.45, 7) is 1.97. The summed E-state index contributed by atoms with van der Waals surface area (Å²) in [5, 5.41) is 19.9. The maximum absolute atomic E-state index is 13.0. The highest BCUT2D eigenvalue weighted by Crippen LogP contribution is 2.30. The van der Waals surface area contributed by atoms with Crippen molar-refractivity contribution in [1.82, 2.24) is 40.1 Å². The Balaban J connectivity index is 1.28. The minimum atomic E-state index is -0.215. The van der Waals surface area contributed by atoms with E-state index >= 15 is 0 Å². The normalized spacial score (nSPS) is 14.8. The molecule has 1 fully saturated rings. The summed E-state index contributed by atoms with van der Waals surface area (Å²) in [6, 6.07) is 8.22. The predicted molar refractivity (Wildman–Crippen MR) is 125 cm³/mol. The summed E-state index contributed by atoms with van der Waals surface area (Å²) in [6.07, 6.45) is 9.17. The van der Waals surface area contributed by atoms with Gasteiger partial charge in [0.15, 0.2) is 0 Å². The lowest BCUT2D eigenvalue weighted by Crippen LogP contribution is -2.29. The SMILES string of the molecule is Cn1nnc2ccc(-c3c[nH]c4ncc(C(=O)Nc5cnn(C6CCNCC6)c5)cc34)cc21. The number of fused-ring (bicyclic) bond motifs is 2. The van der Waals surface area contributed by atoms with Crippen LogP contribution in [0, 0.1) is 0 Å². The van der Waals surface area contributed by atoms with Gasteiger partial charge >= 0.3 is 0 Å². The lowest BCUT2D eigenvalue weighted by molar-refractivity contribution is 0.102. The van der Waals surface area contributed by atoms with E-state index in [1.165, 1.54) is 0 Å². The molecule has 4 aromatic heterocycles. The van der Waals surface area contributed by atoms with Crippen molar-refractivity contribution in [2.45, 2.75) is 18.9 Å². The van der Waals surface area contributed by atoms with Crippen LogP contribution in [-0.4, -0.2) is 53.7 Å². The van der Waals surface area contributed by atoms with E-state index in [0.29, 0.717) is 17.3 Å². The third-order valence-electron chi connectivity index (χ3n) is 6.26. The van der Waals surface area contributed by atoms with Crippen LogP contribution in [0.5, 0.6) is 0 Å². The number of carbonyl (C=O) groups is 1. The number of benzene rings is 1. The summed E-state index contributed by atoms with van der Waals surface area (Å²) in [4.78, 5) is 20.6. The summed E-state index contributed by atoms with van der Waals surface area (Å²) in [5.74, 6) is -0.215. The van der Waals surface area contributed by atoms with Crippen LogP contribution in [0.2, 0.25) is 0 Å². The molecule has 166 valence electrons. The van der Waals surface area contributed by atoms with Gasteiger partial charge in [-0.05, 0) is 49.7 Å². The summed E-state index contributed by atoms with van der Waals surface area (Å²) >= 11 is 0. The summed E-state index contributed by atoms with van der Waals surface area (Å²) < 4.78 is 3.69. The first-order chi connectivity index (χ1) is 16.2. The number of H-pyrrole nitrogens is 1. The number of aromatic amines is 1. The van der Waals surface area contributed by atoms with Crippen molar-refractivity contribution in [2.24, 2.45) is 7.05 Å². The van der Waals surface area contributed by atoms with Crippen LogP contribution in [0.1, 0.15) is 29.2 Å². The molecule has 5 aromatic rings. The molecule has 0 unspecified atom stereocenters. The third kappa shape index (κ3) is 3.54. The van der Waals surface area contributed by atoms with Gasteiger partial charge in [-0.3, -0.25) is 9.48 Å². The fourth-order valence-electron chi connectivity index (χ4n) is 4.44. The minimum absolute atomic E-state index is 0.215. The first-order valence-corrected chi connectivity index (χ1v) is 11.0. The molecule has 0 radical (unpaired) electrons. The number of nitrogens with one attached hydrogen (secondary N) is 3. The number of aryl methyl sites for hydroxylation is 1. The van der Waals surface area contributed by atoms with Gasteiger partial charge in [0.2, 0.25) is 0 Å². The van der Waals surface area contributed by atoms with Crippen LogP contribution in [0.25, 0.3) is 33.2 Å². The molecule has 1 saturated heterocycles. The number of hydrogen-bond acceptors (Lipinski definition) is 6. The van der Waals surface area contributed by atoms with Crippen LogP contribution in [0.15, 0.2) is 49.1 Å². The zero-order valence-electron chi connectivity index (χ0n) is 18.1. The van der Waals surface area contributed by atoms with E-state index in [-0.39, 0.29) is 5.91 Å². The summed E-state index contributed by atoms with van der Waals surface area (Å²) in [7, 11) is 1.87. The Morgan fingerprint density at radius 2 is 2.06 bits per heavy atom. The molecule has 0 spiro atoms. The average Bonchev–Trinajstić information content (AvgIpc) is 3.58. The van der Waals surface area contributed by atoms with Crippen LogP contribution < -0.4 is 10.6 Å². The van der Waals surface area contributed by atoms with E-state index in [1.54, 1.807) is 17.1 Å². The fraction of sp³-hybridized carbons (Fsp3) is 0.261. The fourth-order valence-corrected chi connectivity index (χ4v) is 4.44. The lowest BCUT2D eigenvalue weighted by Gasteiger charge is -2.22. The second-order valence-electron chi connectivity index (χ2n) is 8.38. The van der Waals surface area contributed by atoms with E-state index in [2.05, 4.69) is 36.0 Å². The van der Waals surface area contributed by atoms with Gasteiger partial charge in [0, 0.05) is 36.6 Å². The van der Waals surface area contributed by atoms with E-state index in [0.717, 1.165) is 59.1 Å². The monoisotopic (exact) mass is 441 g/mol. The molecule has 6 rings (SSSR count). The molecule has 1 amide bonds. The van der Waals surface area contributed by atoms with E-state index in [4.69, 9.17) is 0 Å². The van der Waals surface area contributed by atoms with Gasteiger partial charge in [0.1, 0.15) is 11.2 Å². The molecule has 0 bridgehead atoms. The second-order valence-corrected chi connectivity index (χ2v) is 8.38. The topological polar surface area (TPSA) is 118 Å². The Hall–Kier alpha value is -4.05. The molecule has 33 heavy (non-hydrogen) atoms. The molecule has 10 heteroatoms. The van der Waals surface area contributed by atoms with E-state index < -0.39 is 0 Å². The van der Waals surface area contributed by atoms with Gasteiger partial charge < -0.3 is 15.6 Å². The number of hydrogen-bond donors (Lipinski definition) is 3. The summed E-state index contributed by atoms with van der Waals surface area (Å²) in [5.41, 5.74) is 5.64. The Morgan fingerprint density at radius 3 is 2.94 bits per heavy atom. The van der Waals surface area contributed by atoms with Gasteiger partial charge in [-0.25, -0.2) is 9.67 Å². The number of nitrogens with zero attached hydrogens (tertiary/aromatic N) is 6. The highest BCUT2D eigenvalue weighted by molar-refractivity contribution is 6.07. The standard InChI is InChI=1S/C23H23N9O/c1-31-21-9-14(2-3-20(21)29-30-31)19-12-26-22-18(19)8-15(10-25-22)23(33)28-16-11-27-32(13-16)17-4-6-24-7-5-17/h2-3,8-13,17,24H,4-7H2,1H3,(H,25,26)(H,28,33). The smallest absolute Gasteiger partial charge is 0.257 e. The number of anilines is 1. The van der Waals surface area contributed by atoms with Crippen LogP contribution in [0.3, 0.4) is 0 Å². The van der Waals surface area contributed by atoms with Gasteiger partial charge in [0.05, 0.1) is 29.0 Å². The Kier molecular flexibility index (Phi) is 4.65. The first-order valence-electron chi connectivity index (χ1n) is 11.0. The molecule has 3 N–H and O–H groups in total. The molecule has 1 aromatic carbocycles. The molecular formula is C23H23N9O. The molecule has 10 nitrogen and oxygen atoms in total. The second kappa shape index (κ2) is 7.82. The van der Waals surface area contributed by atoms with Gasteiger partial charge in [-0.15, -0.1) is 5.10 Å². The van der Waals surface area contributed by atoms with Gasteiger partial charge in [0.25, 0.3) is 5.91 Å². The molecule has 1 aliphatic heterocycles. The lowest BCUT2D eigenvalue weighted by atomic mass is 10.0. The maximum atomic E-state index is 13.0. The number of rotatable bonds is 4. The molecule has 1 aliphatic rings.